The van der Waals surface area contributed by atoms with Crippen LogP contribution in [0.15, 0.2) is 124 Å². The van der Waals surface area contributed by atoms with Crippen molar-refractivity contribution in [1.29, 1.82) is 0 Å². The van der Waals surface area contributed by atoms with Gasteiger partial charge in [-0.1, -0.05) is 72.8 Å². The average molecular weight is 572 g/mol. The largest absolute Gasteiger partial charge is 0.348 e. The van der Waals surface area contributed by atoms with Gasteiger partial charge in [-0.05, 0) is 58.6 Å². The SMILES string of the molecule is [N-]=[N+]=NS(=O)(=O)c1ccc(CN(CCSc2ccccc2)Cc2ccc(CNC(=O)c3ccccc3)cc2)cc1. The van der Waals surface area contributed by atoms with Crippen molar-refractivity contribution >= 4 is 27.7 Å². The van der Waals surface area contributed by atoms with Crippen LogP contribution < -0.4 is 5.32 Å². The van der Waals surface area contributed by atoms with E-state index in [4.69, 9.17) is 5.53 Å². The summed E-state index contributed by atoms with van der Waals surface area (Å²) in [5.41, 5.74) is 12.2. The molecule has 4 aromatic rings. The number of azide groups is 1. The first-order valence-corrected chi connectivity index (χ1v) is 15.1. The highest BCUT2D eigenvalue weighted by Gasteiger charge is 2.13. The Morgan fingerprint density at radius 2 is 1.35 bits per heavy atom. The third-order valence-electron chi connectivity index (χ3n) is 6.11. The fraction of sp³-hybridized carbons (Fsp3) is 0.167. The normalized spacial score (nSPS) is 11.1. The highest BCUT2D eigenvalue weighted by atomic mass is 32.2. The molecule has 0 fully saturated rings. The predicted octanol–water partition coefficient (Wildman–Crippen LogP) is 6.41. The molecule has 0 atom stereocenters. The molecule has 1 amide bonds. The van der Waals surface area contributed by atoms with Gasteiger partial charge in [-0.15, -0.1) is 11.8 Å². The summed E-state index contributed by atoms with van der Waals surface area (Å²) in [6.07, 6.45) is 0. The number of amides is 1. The number of thioether (sulfide) groups is 1. The maximum absolute atomic E-state index is 12.3. The number of carbonyl (C=O) groups is 1. The summed E-state index contributed by atoms with van der Waals surface area (Å²) in [5, 5.41) is 2.95. The van der Waals surface area contributed by atoms with Gasteiger partial charge < -0.3 is 5.32 Å². The molecule has 1 N–H and O–H groups in total. The summed E-state index contributed by atoms with van der Waals surface area (Å²) in [4.78, 5) is 18.2. The summed E-state index contributed by atoms with van der Waals surface area (Å²) in [7, 11) is -4.01. The van der Waals surface area contributed by atoms with E-state index in [0.717, 1.165) is 29.0 Å². The number of nitrogens with zero attached hydrogens (tertiary/aromatic N) is 4. The third-order valence-corrected chi connectivity index (χ3v) is 8.26. The molecule has 0 heterocycles. The molecule has 0 radical (unpaired) electrons. The van der Waals surface area contributed by atoms with Gasteiger partial charge in [0.2, 0.25) is 0 Å². The van der Waals surface area contributed by atoms with Crippen molar-refractivity contribution in [3.05, 3.63) is 142 Å². The fourth-order valence-corrected chi connectivity index (χ4v) is 5.64. The van der Waals surface area contributed by atoms with Crippen LogP contribution >= 0.6 is 11.8 Å². The van der Waals surface area contributed by atoms with E-state index in [9.17, 15) is 13.2 Å². The van der Waals surface area contributed by atoms with Crippen LogP contribution in [0.2, 0.25) is 0 Å². The zero-order chi connectivity index (χ0) is 28.2. The van der Waals surface area contributed by atoms with Crippen LogP contribution in [0.25, 0.3) is 10.4 Å². The second-order valence-corrected chi connectivity index (χ2v) is 11.8. The van der Waals surface area contributed by atoms with E-state index in [0.29, 0.717) is 25.2 Å². The van der Waals surface area contributed by atoms with Gasteiger partial charge in [0.15, 0.2) is 0 Å². The van der Waals surface area contributed by atoms with E-state index >= 15 is 0 Å². The highest BCUT2D eigenvalue weighted by Crippen LogP contribution is 2.20. The smallest absolute Gasteiger partial charge is 0.264 e. The van der Waals surface area contributed by atoms with Crippen molar-refractivity contribution < 1.29 is 13.2 Å². The van der Waals surface area contributed by atoms with Gasteiger partial charge in [-0.25, -0.2) is 8.42 Å². The molecule has 0 bridgehead atoms. The van der Waals surface area contributed by atoms with Crippen LogP contribution in [-0.4, -0.2) is 31.5 Å². The maximum Gasteiger partial charge on any atom is 0.264 e. The first-order valence-electron chi connectivity index (χ1n) is 12.6. The lowest BCUT2D eigenvalue weighted by molar-refractivity contribution is 0.0951. The van der Waals surface area contributed by atoms with Gasteiger partial charge in [-0.3, -0.25) is 9.69 Å². The molecule has 0 aliphatic heterocycles. The second kappa shape index (κ2) is 14.3. The Bertz CT molecular complexity index is 1540. The van der Waals surface area contributed by atoms with E-state index in [2.05, 4.69) is 43.9 Å². The summed E-state index contributed by atoms with van der Waals surface area (Å²) in [5.74, 6) is 0.779. The Morgan fingerprint density at radius 3 is 1.95 bits per heavy atom. The van der Waals surface area contributed by atoms with Crippen molar-refractivity contribution in [2.45, 2.75) is 29.4 Å². The van der Waals surface area contributed by atoms with Gasteiger partial charge in [-0.2, -0.15) is 0 Å². The maximum atomic E-state index is 12.3. The number of hydrogen-bond acceptors (Lipinski definition) is 5. The van der Waals surface area contributed by atoms with Gasteiger partial charge in [0.05, 0.1) is 4.90 Å². The molecule has 0 unspecified atom stereocenters. The minimum Gasteiger partial charge on any atom is -0.348 e. The molecule has 0 spiro atoms. The topological polar surface area (TPSA) is 115 Å². The lowest BCUT2D eigenvalue weighted by atomic mass is 10.1. The van der Waals surface area contributed by atoms with Gasteiger partial charge in [0, 0.05) is 51.8 Å². The lowest BCUT2D eigenvalue weighted by Crippen LogP contribution is -2.25. The molecule has 4 aromatic carbocycles. The van der Waals surface area contributed by atoms with Crippen molar-refractivity contribution in [1.82, 2.24) is 10.2 Å². The number of rotatable bonds is 13. The van der Waals surface area contributed by atoms with Crippen LogP contribution in [0.3, 0.4) is 0 Å². The molecule has 40 heavy (non-hydrogen) atoms. The number of benzene rings is 4. The zero-order valence-electron chi connectivity index (χ0n) is 21.8. The molecule has 0 saturated carbocycles. The van der Waals surface area contributed by atoms with Crippen LogP contribution in [0.1, 0.15) is 27.0 Å². The molecule has 0 aromatic heterocycles. The van der Waals surface area contributed by atoms with Crippen molar-refractivity contribution in [2.24, 2.45) is 4.52 Å². The van der Waals surface area contributed by atoms with Gasteiger partial charge in [0.1, 0.15) is 0 Å². The second-order valence-electron chi connectivity index (χ2n) is 9.03. The molecule has 4 rings (SSSR count). The molecule has 8 nitrogen and oxygen atoms in total. The standard InChI is InChI=1S/C30H29N5O3S2/c31-33-34-40(37,38)29-17-15-26(16-18-29)23-35(19-20-39-28-9-5-2-6-10-28)22-25-13-11-24(12-14-25)21-32-30(36)27-7-3-1-4-8-27/h1-18H,19-23H2,(H,32,36). The number of carbonyl (C=O) groups excluding carboxylic acids is 1. The van der Waals surface area contributed by atoms with Crippen LogP contribution in [-0.2, 0) is 29.7 Å². The van der Waals surface area contributed by atoms with Crippen molar-refractivity contribution in [3.8, 4) is 0 Å². The summed E-state index contributed by atoms with van der Waals surface area (Å²) in [6.45, 7) is 2.57. The van der Waals surface area contributed by atoms with Crippen molar-refractivity contribution in [2.75, 3.05) is 12.3 Å². The highest BCUT2D eigenvalue weighted by molar-refractivity contribution is 7.99. The fourth-order valence-electron chi connectivity index (χ4n) is 4.04. The van der Waals surface area contributed by atoms with Crippen molar-refractivity contribution in [3.63, 3.8) is 0 Å². The molecule has 10 heteroatoms. The van der Waals surface area contributed by atoms with E-state index in [1.807, 2.05) is 48.5 Å². The monoisotopic (exact) mass is 571 g/mol. The van der Waals surface area contributed by atoms with Crippen LogP contribution in [0, 0.1) is 0 Å². The Morgan fingerprint density at radius 1 is 0.800 bits per heavy atom. The third kappa shape index (κ3) is 8.72. The van der Waals surface area contributed by atoms with Gasteiger partial charge >= 0.3 is 0 Å². The molecule has 0 aliphatic carbocycles. The van der Waals surface area contributed by atoms with Crippen LogP contribution in [0.5, 0.6) is 0 Å². The lowest BCUT2D eigenvalue weighted by Gasteiger charge is -2.23. The first-order chi connectivity index (χ1) is 19.4. The summed E-state index contributed by atoms with van der Waals surface area (Å²) in [6, 6.07) is 34.0. The van der Waals surface area contributed by atoms with E-state index in [1.54, 1.807) is 36.0 Å². The van der Waals surface area contributed by atoms with Crippen LogP contribution in [0.4, 0.5) is 0 Å². The Kier molecular flexibility index (Phi) is 10.4. The molecular formula is C30H29N5O3S2. The summed E-state index contributed by atoms with van der Waals surface area (Å²) >= 11 is 1.78. The quantitative estimate of drug-likeness (QED) is 0.0862. The molecule has 0 saturated heterocycles. The molecule has 204 valence electrons. The molecular weight excluding hydrogens is 542 g/mol. The summed E-state index contributed by atoms with van der Waals surface area (Å²) < 4.78 is 26.9. The van der Waals surface area contributed by atoms with E-state index in [-0.39, 0.29) is 10.8 Å². The Hall–Kier alpha value is -4.08. The Balaban J connectivity index is 1.40. The Labute approximate surface area is 238 Å². The average Bonchev–Trinajstić information content (AvgIpc) is 2.98. The minimum absolute atomic E-state index is 0.0322. The van der Waals surface area contributed by atoms with E-state index in [1.165, 1.54) is 17.0 Å². The zero-order valence-corrected chi connectivity index (χ0v) is 23.4. The number of hydrogen-bond donors (Lipinski definition) is 1. The minimum atomic E-state index is -4.01. The first kappa shape index (κ1) is 28.9. The molecule has 0 aliphatic rings. The predicted molar refractivity (Wildman–Crippen MR) is 158 cm³/mol. The van der Waals surface area contributed by atoms with Gasteiger partial charge in [0.25, 0.3) is 15.9 Å². The number of sulfonamides is 1. The van der Waals surface area contributed by atoms with E-state index < -0.39 is 10.0 Å². The number of nitrogens with one attached hydrogen (secondary N) is 1.